The van der Waals surface area contributed by atoms with Gasteiger partial charge in [-0.15, -0.1) is 0 Å². The van der Waals surface area contributed by atoms with E-state index in [2.05, 4.69) is 0 Å². The van der Waals surface area contributed by atoms with E-state index in [1.54, 1.807) is 0 Å². The van der Waals surface area contributed by atoms with Crippen LogP contribution in [0.3, 0.4) is 0 Å². The van der Waals surface area contributed by atoms with Gasteiger partial charge >= 0.3 is 264 Å². The Morgan fingerprint density at radius 3 is 0.500 bits per heavy atom. The van der Waals surface area contributed by atoms with Crippen LogP contribution in [0.15, 0.2) is 0 Å². The van der Waals surface area contributed by atoms with Crippen molar-refractivity contribution in [3.63, 3.8) is 0 Å². The predicted molar refractivity (Wildman–Crippen MR) is 2.75 cm³/mol. The Balaban J connectivity index is -0.0000000178. The molecule has 0 heterocycles. The van der Waals surface area contributed by atoms with Crippen LogP contribution < -0.4 is 222 Å². The van der Waals surface area contributed by atoms with Gasteiger partial charge in [-0.1, -0.05) is 0 Å². The topological polar surface area (TPSA) is 161 Å². The van der Waals surface area contributed by atoms with E-state index in [0.717, 1.165) is 0 Å². The second kappa shape index (κ2) is 19.6. The fourth-order valence-corrected chi connectivity index (χ4v) is 0. The molecule has 0 saturated heterocycles. The molecular weight excluding hydrogens is 394 g/mol. The van der Waals surface area contributed by atoms with E-state index in [-0.39, 0.29) is 206 Å². The summed E-state index contributed by atoms with van der Waals surface area (Å²) in [6.45, 7) is 0. The zero-order valence-electron chi connectivity index (χ0n) is 8.02. The van der Waals surface area contributed by atoms with Crippen LogP contribution in [0.4, 0.5) is 0 Å². The SMILES string of the molecule is [K+].[K+].[K+].[K+].[O]=[Mn](=[O])([O-])[O-].[O]=[Mn](=[O])([O-])[O-]. The fourth-order valence-electron chi connectivity index (χ4n) is 0. The summed E-state index contributed by atoms with van der Waals surface area (Å²) >= 11 is -11.2. The van der Waals surface area contributed by atoms with E-state index in [4.69, 9.17) is 32.1 Å². The maximum atomic E-state index is 8.58. The molecule has 0 spiro atoms. The first kappa shape index (κ1) is 37.1. The number of hydrogen-bond donors (Lipinski definition) is 0. The molecule has 0 aromatic heterocycles. The molecule has 0 aliphatic carbocycles. The summed E-state index contributed by atoms with van der Waals surface area (Å²) in [6.07, 6.45) is 0. The molecule has 8 nitrogen and oxygen atoms in total. The normalized spacial score (nSPS) is 8.29. The van der Waals surface area contributed by atoms with E-state index in [0.29, 0.717) is 0 Å². The molecule has 0 N–H and O–H groups in total. The van der Waals surface area contributed by atoms with Crippen LogP contribution >= 0.6 is 0 Å². The number of hydrogen-bond acceptors (Lipinski definition) is 8. The van der Waals surface area contributed by atoms with Crippen LogP contribution in [0.25, 0.3) is 0 Å². The van der Waals surface area contributed by atoms with Crippen molar-refractivity contribution in [1.82, 2.24) is 0 Å². The van der Waals surface area contributed by atoms with Gasteiger partial charge in [0.1, 0.15) is 0 Å². The van der Waals surface area contributed by atoms with Crippen molar-refractivity contribution >= 4 is 0 Å². The first-order valence-corrected chi connectivity index (χ1v) is 5.09. The molecule has 0 rings (SSSR count). The van der Waals surface area contributed by atoms with Gasteiger partial charge in [0.05, 0.1) is 0 Å². The van der Waals surface area contributed by atoms with Crippen molar-refractivity contribution in [3.8, 4) is 0 Å². The van der Waals surface area contributed by atoms with Crippen LogP contribution in [-0.2, 0) is 42.1 Å². The molecule has 14 heteroatoms. The summed E-state index contributed by atoms with van der Waals surface area (Å²) in [5.74, 6) is 0. The summed E-state index contributed by atoms with van der Waals surface area (Å²) in [6, 6.07) is 0. The Labute approximate surface area is 255 Å². The molecule has 0 radical (unpaired) electrons. The average Bonchev–Trinajstić information content (AvgIpc) is 1.12. The van der Waals surface area contributed by atoms with Crippen molar-refractivity contribution in [1.29, 1.82) is 0 Å². The molecular formula is K4Mn2O8. The quantitative estimate of drug-likeness (QED) is 0.366. The molecule has 0 saturated carbocycles. The third-order valence-electron chi connectivity index (χ3n) is 0. The van der Waals surface area contributed by atoms with Gasteiger partial charge in [0, 0.05) is 0 Å². The first-order valence-electron chi connectivity index (χ1n) is 1.23. The van der Waals surface area contributed by atoms with Gasteiger partial charge in [0.2, 0.25) is 0 Å². The Morgan fingerprint density at radius 2 is 0.500 bits per heavy atom. The molecule has 14 heavy (non-hydrogen) atoms. The van der Waals surface area contributed by atoms with Gasteiger partial charge < -0.3 is 0 Å². The molecule has 0 unspecified atom stereocenters. The van der Waals surface area contributed by atoms with Crippen molar-refractivity contribution < 1.29 is 264 Å². The summed E-state index contributed by atoms with van der Waals surface area (Å²) in [5.41, 5.74) is 0. The van der Waals surface area contributed by atoms with Crippen molar-refractivity contribution in [2.24, 2.45) is 0 Å². The van der Waals surface area contributed by atoms with Gasteiger partial charge in [0.15, 0.2) is 0 Å². The zero-order chi connectivity index (χ0) is 9.00. The standard InChI is InChI=1S/4K.2Mn.8O/q4*+1;;;;;;;4*-1. The van der Waals surface area contributed by atoms with Gasteiger partial charge in [-0.3, -0.25) is 0 Å². The van der Waals surface area contributed by atoms with Crippen LogP contribution in [0.2, 0.25) is 0 Å². The summed E-state index contributed by atoms with van der Waals surface area (Å²) in [7, 11) is 0. The zero-order valence-corrected chi connectivity index (χ0v) is 22.9. The Hall–Kier alpha value is 6.62. The molecule has 0 atom stereocenters. The third-order valence-corrected chi connectivity index (χ3v) is 0. The maximum absolute atomic E-state index is 8.58. The van der Waals surface area contributed by atoms with Gasteiger partial charge in [-0.05, 0) is 0 Å². The van der Waals surface area contributed by atoms with Crippen LogP contribution in [-0.4, -0.2) is 0 Å². The summed E-state index contributed by atoms with van der Waals surface area (Å²) in [4.78, 5) is 0. The molecule has 0 aliphatic rings. The fraction of sp³-hybridized carbons (Fsp3) is 0. The number of rotatable bonds is 0. The van der Waals surface area contributed by atoms with Gasteiger partial charge in [0.25, 0.3) is 0 Å². The third kappa shape index (κ3) is 132. The van der Waals surface area contributed by atoms with Gasteiger partial charge in [-0.2, -0.15) is 0 Å². The Kier molecular flexibility index (Phi) is 52.1. The molecule has 0 bridgehead atoms. The second-order valence-corrected chi connectivity index (χ2v) is 3.12. The van der Waals surface area contributed by atoms with E-state index in [1.807, 2.05) is 0 Å². The molecule has 0 aromatic carbocycles. The van der Waals surface area contributed by atoms with E-state index in [9.17, 15) is 0 Å². The van der Waals surface area contributed by atoms with Crippen LogP contribution in [0.5, 0.6) is 0 Å². The first-order chi connectivity index (χ1) is 4.00. The monoisotopic (exact) mass is 394 g/mol. The van der Waals surface area contributed by atoms with Gasteiger partial charge in [-0.25, -0.2) is 0 Å². The van der Waals surface area contributed by atoms with Crippen LogP contribution in [0.1, 0.15) is 0 Å². The van der Waals surface area contributed by atoms with Crippen molar-refractivity contribution in [3.05, 3.63) is 0 Å². The average molecular weight is 394 g/mol. The Morgan fingerprint density at radius 1 is 0.500 bits per heavy atom. The van der Waals surface area contributed by atoms with Crippen LogP contribution in [0, 0.1) is 0 Å². The molecule has 0 aromatic rings. The summed E-state index contributed by atoms with van der Waals surface area (Å²) in [5, 5.41) is 0. The Bertz CT molecular complexity index is 216. The molecule has 0 fully saturated rings. The van der Waals surface area contributed by atoms with Crippen molar-refractivity contribution in [2.75, 3.05) is 0 Å². The second-order valence-electron chi connectivity index (χ2n) is 0.756. The minimum absolute atomic E-state index is 0. The predicted octanol–water partition coefficient (Wildman–Crippen LogP) is -17.2. The van der Waals surface area contributed by atoms with E-state index in [1.165, 1.54) is 0 Å². The summed E-state index contributed by atoms with van der Waals surface area (Å²) < 4.78 is 68.6. The van der Waals surface area contributed by atoms with Crippen molar-refractivity contribution in [2.45, 2.75) is 0 Å². The molecule has 0 aliphatic heterocycles. The minimum atomic E-state index is -5.62. The van der Waals surface area contributed by atoms with E-state index >= 15 is 0 Å². The van der Waals surface area contributed by atoms with E-state index < -0.39 is 26.7 Å². The molecule has 0 amide bonds. The molecule has 66 valence electrons.